The summed E-state index contributed by atoms with van der Waals surface area (Å²) >= 11 is 0. The van der Waals surface area contributed by atoms with Crippen LogP contribution in [0.1, 0.15) is 93.4 Å². The molecule has 144 valence electrons. The zero-order valence-electron chi connectivity index (χ0n) is 17.4. The molecule has 1 aliphatic rings. The molecule has 1 fully saturated rings. The maximum absolute atomic E-state index is 3.30. The van der Waals surface area contributed by atoms with E-state index in [4.69, 9.17) is 0 Å². The molecule has 0 nitrogen and oxygen atoms in total. The van der Waals surface area contributed by atoms with Crippen molar-refractivity contribution in [2.45, 2.75) is 71.1 Å². The Morgan fingerprint density at radius 2 is 1.21 bits per heavy atom. The highest BCUT2D eigenvalue weighted by molar-refractivity contribution is 5.46. The van der Waals surface area contributed by atoms with E-state index in [0.717, 1.165) is 41.4 Å². The van der Waals surface area contributed by atoms with Gasteiger partial charge in [-0.3, -0.25) is 0 Å². The van der Waals surface area contributed by atoms with Crippen molar-refractivity contribution in [2.24, 2.45) is 5.92 Å². The Kier molecular flexibility index (Phi) is 7.82. The zero-order valence-corrected chi connectivity index (χ0v) is 17.4. The molecule has 0 atom stereocenters. The molecule has 0 radical (unpaired) electrons. The lowest BCUT2D eigenvalue weighted by Crippen LogP contribution is -2.13. The van der Waals surface area contributed by atoms with Crippen LogP contribution in [0.25, 0.3) is 0 Å². The summed E-state index contributed by atoms with van der Waals surface area (Å²) in [6.07, 6.45) is 10.3. The molecule has 0 N–H and O–H groups in total. The van der Waals surface area contributed by atoms with Gasteiger partial charge in [0.2, 0.25) is 0 Å². The summed E-state index contributed by atoms with van der Waals surface area (Å²) in [7, 11) is 0. The van der Waals surface area contributed by atoms with Crippen LogP contribution in [-0.2, 0) is 0 Å². The van der Waals surface area contributed by atoms with Crippen molar-refractivity contribution < 1.29 is 0 Å². The number of hydrogen-bond acceptors (Lipinski definition) is 0. The van der Waals surface area contributed by atoms with E-state index in [1.807, 2.05) is 0 Å². The Hall–Kier alpha value is -2.44. The van der Waals surface area contributed by atoms with Crippen LogP contribution >= 0.6 is 0 Å². The molecule has 28 heavy (non-hydrogen) atoms. The molecule has 1 aliphatic carbocycles. The Bertz CT molecular complexity index is 839. The molecule has 0 aromatic heterocycles. The van der Waals surface area contributed by atoms with Gasteiger partial charge < -0.3 is 0 Å². The third-order valence-corrected chi connectivity index (χ3v) is 5.77. The zero-order chi connectivity index (χ0) is 19.6. The molecule has 0 saturated heterocycles. The molecule has 1 saturated carbocycles. The van der Waals surface area contributed by atoms with E-state index in [-0.39, 0.29) is 0 Å². The summed E-state index contributed by atoms with van der Waals surface area (Å²) in [6, 6.07) is 17.2. The van der Waals surface area contributed by atoms with Gasteiger partial charge in [0.1, 0.15) is 0 Å². The maximum atomic E-state index is 3.30. The molecule has 0 heteroatoms. The van der Waals surface area contributed by atoms with Crippen molar-refractivity contribution in [2.75, 3.05) is 0 Å². The topological polar surface area (TPSA) is 0 Å². The third-order valence-electron chi connectivity index (χ3n) is 5.77. The van der Waals surface area contributed by atoms with E-state index in [0.29, 0.717) is 0 Å². The molecule has 0 aliphatic heterocycles. The van der Waals surface area contributed by atoms with Crippen LogP contribution < -0.4 is 0 Å². The van der Waals surface area contributed by atoms with Crippen molar-refractivity contribution >= 4 is 0 Å². The first-order valence-corrected chi connectivity index (χ1v) is 11.0. The first-order chi connectivity index (χ1) is 13.8. The highest BCUT2D eigenvalue weighted by atomic mass is 14.3. The molecule has 0 unspecified atom stereocenters. The molecule has 3 rings (SSSR count). The Balaban J connectivity index is 1.57. The Morgan fingerprint density at radius 3 is 1.75 bits per heavy atom. The Labute approximate surface area is 171 Å². The minimum Gasteiger partial charge on any atom is -0.0979 e. The van der Waals surface area contributed by atoms with Crippen LogP contribution in [0.5, 0.6) is 0 Å². The van der Waals surface area contributed by atoms with Crippen LogP contribution in [-0.4, -0.2) is 0 Å². The van der Waals surface area contributed by atoms with E-state index < -0.39 is 0 Å². The van der Waals surface area contributed by atoms with E-state index in [2.05, 4.69) is 86.1 Å². The van der Waals surface area contributed by atoms with E-state index in [9.17, 15) is 0 Å². The normalized spacial score (nSPS) is 18.5. The van der Waals surface area contributed by atoms with Crippen LogP contribution in [0.15, 0.2) is 48.5 Å². The highest BCUT2D eigenvalue weighted by Gasteiger charge is 2.21. The SMILES string of the molecule is CCCC#Cc1ccc(C#Cc2ccc([C@H]3CC[C@H](CCC)CC3)cc2)cc1. The van der Waals surface area contributed by atoms with Crippen molar-refractivity contribution in [1.29, 1.82) is 0 Å². The van der Waals surface area contributed by atoms with Gasteiger partial charge in [0.05, 0.1) is 0 Å². The van der Waals surface area contributed by atoms with Crippen LogP contribution in [0.4, 0.5) is 0 Å². The fraction of sp³-hybridized carbons (Fsp3) is 0.429. The summed E-state index contributed by atoms with van der Waals surface area (Å²) in [5.74, 6) is 14.7. The van der Waals surface area contributed by atoms with E-state index >= 15 is 0 Å². The largest absolute Gasteiger partial charge is 0.0979 e. The summed E-state index contributed by atoms with van der Waals surface area (Å²) in [4.78, 5) is 0. The summed E-state index contributed by atoms with van der Waals surface area (Å²) in [6.45, 7) is 4.46. The molecular weight excluding hydrogens is 336 g/mol. The average molecular weight is 369 g/mol. The van der Waals surface area contributed by atoms with Crippen LogP contribution in [0.3, 0.4) is 0 Å². The van der Waals surface area contributed by atoms with Gasteiger partial charge in [-0.1, -0.05) is 62.5 Å². The van der Waals surface area contributed by atoms with E-state index in [1.165, 1.54) is 44.1 Å². The van der Waals surface area contributed by atoms with Gasteiger partial charge in [0.25, 0.3) is 0 Å². The third kappa shape index (κ3) is 6.04. The average Bonchev–Trinajstić information content (AvgIpc) is 2.75. The fourth-order valence-corrected chi connectivity index (χ4v) is 4.10. The fourth-order valence-electron chi connectivity index (χ4n) is 4.10. The van der Waals surface area contributed by atoms with Crippen molar-refractivity contribution in [3.8, 4) is 23.7 Å². The lowest BCUT2D eigenvalue weighted by atomic mass is 9.77. The van der Waals surface area contributed by atoms with Gasteiger partial charge in [0.15, 0.2) is 0 Å². The second-order valence-corrected chi connectivity index (χ2v) is 8.01. The quantitative estimate of drug-likeness (QED) is 0.496. The number of hydrogen-bond donors (Lipinski definition) is 0. The first kappa shape index (κ1) is 20.3. The summed E-state index contributed by atoms with van der Waals surface area (Å²) < 4.78 is 0. The van der Waals surface area contributed by atoms with Gasteiger partial charge >= 0.3 is 0 Å². The van der Waals surface area contributed by atoms with Crippen LogP contribution in [0.2, 0.25) is 0 Å². The number of rotatable bonds is 4. The van der Waals surface area contributed by atoms with Gasteiger partial charge in [-0.15, -0.1) is 0 Å². The maximum Gasteiger partial charge on any atom is 0.0249 e. The molecule has 2 aromatic carbocycles. The molecular formula is C28H32. The number of benzene rings is 2. The molecule has 0 spiro atoms. The monoisotopic (exact) mass is 368 g/mol. The predicted molar refractivity (Wildman–Crippen MR) is 120 cm³/mol. The number of unbranched alkanes of at least 4 members (excludes halogenated alkanes) is 1. The van der Waals surface area contributed by atoms with Crippen LogP contribution in [0, 0.1) is 29.6 Å². The first-order valence-electron chi connectivity index (χ1n) is 11.0. The highest BCUT2D eigenvalue weighted by Crippen LogP contribution is 2.37. The van der Waals surface area contributed by atoms with Crippen molar-refractivity contribution in [3.05, 3.63) is 70.8 Å². The second-order valence-electron chi connectivity index (χ2n) is 8.01. The Morgan fingerprint density at radius 1 is 0.679 bits per heavy atom. The molecule has 0 amide bonds. The lowest BCUT2D eigenvalue weighted by Gasteiger charge is -2.28. The summed E-state index contributed by atoms with van der Waals surface area (Å²) in [5.41, 5.74) is 4.70. The molecule has 0 heterocycles. The minimum atomic E-state index is 0.747. The van der Waals surface area contributed by atoms with Gasteiger partial charge in [-0.05, 0) is 85.9 Å². The molecule has 0 bridgehead atoms. The second kappa shape index (κ2) is 10.8. The van der Waals surface area contributed by atoms with Gasteiger partial charge in [-0.2, -0.15) is 0 Å². The standard InChI is InChI=1S/C28H32/c1-3-5-6-8-24-9-11-25(12-10-24)13-14-26-17-21-28(22-18-26)27-19-15-23(7-4-2)16-20-27/h9-12,17-18,21-23,27H,3-5,7,15-16,19-20H2,1-2H3/t23-,27-. The summed E-state index contributed by atoms with van der Waals surface area (Å²) in [5, 5.41) is 0. The lowest BCUT2D eigenvalue weighted by molar-refractivity contribution is 0.308. The molecule has 2 aromatic rings. The van der Waals surface area contributed by atoms with Gasteiger partial charge in [0, 0.05) is 23.1 Å². The predicted octanol–water partition coefficient (Wildman–Crippen LogP) is 7.31. The van der Waals surface area contributed by atoms with E-state index in [1.54, 1.807) is 0 Å². The van der Waals surface area contributed by atoms with Crippen molar-refractivity contribution in [1.82, 2.24) is 0 Å². The van der Waals surface area contributed by atoms with Crippen molar-refractivity contribution in [3.63, 3.8) is 0 Å². The minimum absolute atomic E-state index is 0.747. The smallest absolute Gasteiger partial charge is 0.0249 e. The van der Waals surface area contributed by atoms with Gasteiger partial charge in [-0.25, -0.2) is 0 Å².